The summed E-state index contributed by atoms with van der Waals surface area (Å²) < 4.78 is 5.77. The number of thiophene rings is 1. The van der Waals surface area contributed by atoms with Gasteiger partial charge in [-0.15, -0.1) is 11.3 Å². The first kappa shape index (κ1) is 20.6. The first-order chi connectivity index (χ1) is 13.5. The molecule has 148 valence electrons. The normalized spacial score (nSPS) is 14.0. The number of ketones is 1. The zero-order chi connectivity index (χ0) is 20.1. The van der Waals surface area contributed by atoms with Crippen LogP contribution in [0.2, 0.25) is 5.02 Å². The Balaban J connectivity index is 1.59. The molecule has 1 aromatic heterocycles. The van der Waals surface area contributed by atoms with Gasteiger partial charge in [-0.25, -0.2) is 4.79 Å². The molecule has 0 aliphatic heterocycles. The summed E-state index contributed by atoms with van der Waals surface area (Å²) in [6, 6.07) is 8.52. The highest BCUT2D eigenvalue weighted by Gasteiger charge is 2.23. The van der Waals surface area contributed by atoms with E-state index in [4.69, 9.17) is 21.4 Å². The molecule has 0 saturated carbocycles. The second-order valence-corrected chi connectivity index (χ2v) is 8.28. The molecule has 1 aromatic carbocycles. The molecule has 3 rings (SSSR count). The van der Waals surface area contributed by atoms with Crippen LogP contribution in [0.3, 0.4) is 0 Å². The molecule has 0 bridgehead atoms. The molecule has 0 saturated heterocycles. The van der Waals surface area contributed by atoms with Crippen molar-refractivity contribution >= 4 is 34.7 Å². The van der Waals surface area contributed by atoms with Gasteiger partial charge in [0.2, 0.25) is 0 Å². The van der Waals surface area contributed by atoms with Crippen molar-refractivity contribution in [1.82, 2.24) is 0 Å². The van der Waals surface area contributed by atoms with Gasteiger partial charge < -0.3 is 14.9 Å². The average Bonchev–Trinajstić information content (AvgIpc) is 3.27. The Bertz CT molecular complexity index is 915. The van der Waals surface area contributed by atoms with Gasteiger partial charge in [0.1, 0.15) is 17.2 Å². The predicted molar refractivity (Wildman–Crippen MR) is 108 cm³/mol. The minimum Gasteiger partial charge on any atom is -0.489 e. The lowest BCUT2D eigenvalue weighted by Gasteiger charge is -2.10. The van der Waals surface area contributed by atoms with E-state index >= 15 is 0 Å². The third kappa shape index (κ3) is 5.22. The summed E-state index contributed by atoms with van der Waals surface area (Å²) in [5.74, 6) is -0.253. The van der Waals surface area contributed by atoms with Gasteiger partial charge in [0.05, 0.1) is 6.61 Å². The van der Waals surface area contributed by atoms with Crippen molar-refractivity contribution < 1.29 is 24.5 Å². The lowest BCUT2D eigenvalue weighted by Crippen LogP contribution is -2.08. The Morgan fingerprint density at radius 3 is 2.71 bits per heavy atom. The van der Waals surface area contributed by atoms with E-state index in [1.165, 1.54) is 11.3 Å². The Morgan fingerprint density at radius 1 is 1.18 bits per heavy atom. The number of rotatable bonds is 9. The van der Waals surface area contributed by atoms with Crippen LogP contribution in [0, 0.1) is 0 Å². The molecule has 2 N–H and O–H groups in total. The largest absolute Gasteiger partial charge is 0.489 e. The fraction of sp³-hybridized carbons (Fsp3) is 0.333. The number of hydrogen-bond acceptors (Lipinski definition) is 5. The Morgan fingerprint density at radius 2 is 2.00 bits per heavy atom. The number of aryl methyl sites for hydroxylation is 1. The third-order valence-corrected chi connectivity index (χ3v) is 6.04. The number of benzene rings is 1. The van der Waals surface area contributed by atoms with Crippen LogP contribution in [-0.4, -0.2) is 28.6 Å². The van der Waals surface area contributed by atoms with Crippen molar-refractivity contribution in [3.8, 4) is 5.75 Å². The minimum atomic E-state index is -0.898. The second kappa shape index (κ2) is 9.37. The summed E-state index contributed by atoms with van der Waals surface area (Å²) in [4.78, 5) is 24.6. The zero-order valence-electron chi connectivity index (χ0n) is 15.2. The smallest absolute Gasteiger partial charge is 0.345 e. The third-order valence-electron chi connectivity index (χ3n) is 4.69. The van der Waals surface area contributed by atoms with Crippen LogP contribution in [0.5, 0.6) is 5.75 Å². The van der Waals surface area contributed by atoms with Crippen LogP contribution in [0.1, 0.15) is 45.8 Å². The highest BCUT2D eigenvalue weighted by molar-refractivity contribution is 7.13. The molecule has 0 atom stereocenters. The predicted octanol–water partition coefficient (Wildman–Crippen LogP) is 4.65. The fourth-order valence-electron chi connectivity index (χ4n) is 3.28. The highest BCUT2D eigenvalue weighted by Crippen LogP contribution is 2.29. The Hall–Kier alpha value is -2.15. The van der Waals surface area contributed by atoms with Gasteiger partial charge in [-0.2, -0.15) is 0 Å². The number of halogens is 1. The van der Waals surface area contributed by atoms with Crippen molar-refractivity contribution in [1.29, 1.82) is 0 Å². The molecule has 5 nitrogen and oxygen atoms in total. The van der Waals surface area contributed by atoms with E-state index in [0.717, 1.165) is 41.7 Å². The van der Waals surface area contributed by atoms with Crippen LogP contribution in [0.4, 0.5) is 0 Å². The molecule has 0 spiro atoms. The number of aliphatic hydroxyl groups is 1. The van der Waals surface area contributed by atoms with Crippen LogP contribution in [0.25, 0.3) is 0 Å². The SMILES string of the molecule is O=C1CCC(CCCc2ccc(C(=O)O)s2)=C1COc1cc(Cl)cc(CO)c1. The lowest BCUT2D eigenvalue weighted by molar-refractivity contribution is -0.115. The topological polar surface area (TPSA) is 83.8 Å². The van der Waals surface area contributed by atoms with E-state index in [1.54, 1.807) is 24.3 Å². The monoisotopic (exact) mass is 420 g/mol. The van der Waals surface area contributed by atoms with E-state index in [-0.39, 0.29) is 19.0 Å². The lowest BCUT2D eigenvalue weighted by atomic mass is 10.0. The quantitative estimate of drug-likeness (QED) is 0.616. The van der Waals surface area contributed by atoms with Gasteiger partial charge >= 0.3 is 5.97 Å². The first-order valence-electron chi connectivity index (χ1n) is 9.05. The number of carbonyl (C=O) groups is 2. The van der Waals surface area contributed by atoms with Crippen molar-refractivity contribution in [2.75, 3.05) is 6.61 Å². The molecule has 2 aromatic rings. The summed E-state index contributed by atoms with van der Waals surface area (Å²) in [5.41, 5.74) is 2.50. The summed E-state index contributed by atoms with van der Waals surface area (Å²) in [6.07, 6.45) is 3.70. The molecule has 28 heavy (non-hydrogen) atoms. The standard InChI is InChI=1S/C21H21ClO5S/c22-15-8-13(11-23)9-16(10-15)27-12-18-14(4-6-19(18)24)2-1-3-17-5-7-20(28-17)21(25)26/h5,7-10,23H,1-4,6,11-12H2,(H,25,26). The van der Waals surface area contributed by atoms with Crippen LogP contribution in [-0.2, 0) is 17.8 Å². The van der Waals surface area contributed by atoms with E-state index in [0.29, 0.717) is 27.6 Å². The molecule has 0 amide bonds. The van der Waals surface area contributed by atoms with Crippen LogP contribution in [0.15, 0.2) is 41.5 Å². The van der Waals surface area contributed by atoms with Crippen molar-refractivity contribution in [3.63, 3.8) is 0 Å². The van der Waals surface area contributed by atoms with Crippen molar-refractivity contribution in [3.05, 3.63) is 61.8 Å². The maximum absolute atomic E-state index is 12.2. The number of carbonyl (C=O) groups excluding carboxylic acids is 1. The molecule has 1 aliphatic carbocycles. The number of Topliss-reactive ketones (excluding diaryl/α,β-unsaturated/α-hetero) is 1. The summed E-state index contributed by atoms with van der Waals surface area (Å²) in [6.45, 7) is 0.0671. The first-order valence-corrected chi connectivity index (χ1v) is 10.2. The number of carboxylic acids is 1. The van der Waals surface area contributed by atoms with Crippen molar-refractivity contribution in [2.45, 2.75) is 38.7 Å². The van der Waals surface area contributed by atoms with Gasteiger partial charge in [-0.05, 0) is 61.6 Å². The molecule has 1 heterocycles. The van der Waals surface area contributed by atoms with Gasteiger partial charge in [-0.3, -0.25) is 4.79 Å². The number of ether oxygens (including phenoxy) is 1. The number of aliphatic hydroxyl groups excluding tert-OH is 1. The molecule has 7 heteroatoms. The van der Waals surface area contributed by atoms with E-state index in [2.05, 4.69) is 0 Å². The van der Waals surface area contributed by atoms with Gasteiger partial charge in [0.25, 0.3) is 0 Å². The highest BCUT2D eigenvalue weighted by atomic mass is 35.5. The number of aromatic carboxylic acids is 1. The minimum absolute atomic E-state index is 0.115. The molecular formula is C21H21ClO5S. The van der Waals surface area contributed by atoms with E-state index < -0.39 is 5.97 Å². The Labute approximate surface area is 172 Å². The van der Waals surface area contributed by atoms with Gasteiger partial charge in [0, 0.05) is 21.9 Å². The van der Waals surface area contributed by atoms with Crippen molar-refractivity contribution in [2.24, 2.45) is 0 Å². The van der Waals surface area contributed by atoms with Crippen LogP contribution < -0.4 is 4.74 Å². The molecule has 0 fully saturated rings. The van der Waals surface area contributed by atoms with E-state index in [9.17, 15) is 14.7 Å². The van der Waals surface area contributed by atoms with Crippen LogP contribution >= 0.6 is 22.9 Å². The van der Waals surface area contributed by atoms with Gasteiger partial charge in [0.15, 0.2) is 5.78 Å². The number of carboxylic acid groups (broad SMARTS) is 1. The second-order valence-electron chi connectivity index (χ2n) is 6.67. The maximum Gasteiger partial charge on any atom is 0.345 e. The average molecular weight is 421 g/mol. The molecular weight excluding hydrogens is 400 g/mol. The zero-order valence-corrected chi connectivity index (χ0v) is 16.8. The van der Waals surface area contributed by atoms with E-state index in [1.807, 2.05) is 6.07 Å². The fourth-order valence-corrected chi connectivity index (χ4v) is 4.41. The Kier molecular flexibility index (Phi) is 6.88. The summed E-state index contributed by atoms with van der Waals surface area (Å²) in [5, 5.41) is 18.7. The summed E-state index contributed by atoms with van der Waals surface area (Å²) in [7, 11) is 0. The molecule has 0 radical (unpaired) electrons. The number of hydrogen-bond donors (Lipinski definition) is 2. The summed E-state index contributed by atoms with van der Waals surface area (Å²) >= 11 is 7.32. The van der Waals surface area contributed by atoms with Gasteiger partial charge in [-0.1, -0.05) is 17.2 Å². The molecule has 1 aliphatic rings. The maximum atomic E-state index is 12.2. The molecule has 0 unspecified atom stereocenters. The number of allylic oxidation sites excluding steroid dienone is 1.